The molecule has 0 bridgehead atoms. The highest BCUT2D eigenvalue weighted by atomic mass is 16.7. The molecule has 1 amide bonds. The zero-order valence-corrected chi connectivity index (χ0v) is 32.4. The summed E-state index contributed by atoms with van der Waals surface area (Å²) in [7, 11) is 0. The van der Waals surface area contributed by atoms with E-state index in [9.17, 15) is 30.3 Å². The Bertz CT molecular complexity index is 756. The van der Waals surface area contributed by atoms with E-state index >= 15 is 0 Å². The molecule has 1 heterocycles. The number of carbonyl (C=O) groups is 1. The highest BCUT2D eigenvalue weighted by Gasteiger charge is 2.44. The van der Waals surface area contributed by atoms with Crippen LogP contribution in [0, 0.1) is 0 Å². The second kappa shape index (κ2) is 32.8. The Hall–Kier alpha value is -0.810. The van der Waals surface area contributed by atoms with E-state index < -0.39 is 49.5 Å². The molecule has 0 aromatic rings. The number of hydrogen-bond donors (Lipinski definition) is 6. The molecule has 9 heteroatoms. The first kappa shape index (κ1) is 47.2. The maximum Gasteiger partial charge on any atom is 0.220 e. The third kappa shape index (κ3) is 23.7. The zero-order chi connectivity index (χ0) is 36.7. The number of rotatable bonds is 35. The maximum atomic E-state index is 12.9. The van der Waals surface area contributed by atoms with Gasteiger partial charge in [-0.15, -0.1) is 0 Å². The second-order valence-electron chi connectivity index (χ2n) is 15.1. The van der Waals surface area contributed by atoms with Crippen LogP contribution in [0.2, 0.25) is 0 Å². The van der Waals surface area contributed by atoms with Gasteiger partial charge in [0.05, 0.1) is 25.4 Å². The van der Waals surface area contributed by atoms with E-state index in [0.29, 0.717) is 12.8 Å². The van der Waals surface area contributed by atoms with Crippen molar-refractivity contribution in [3.8, 4) is 0 Å². The summed E-state index contributed by atoms with van der Waals surface area (Å²) in [6.07, 6.45) is 26.7. The van der Waals surface area contributed by atoms with Crippen LogP contribution in [-0.2, 0) is 14.3 Å². The molecule has 6 N–H and O–H groups in total. The number of amides is 1. The minimum absolute atomic E-state index is 0.132. The largest absolute Gasteiger partial charge is 0.394 e. The molecule has 1 saturated heterocycles. The van der Waals surface area contributed by atoms with Crippen molar-refractivity contribution in [3.63, 3.8) is 0 Å². The van der Waals surface area contributed by atoms with E-state index in [1.54, 1.807) is 0 Å². The number of ether oxygens (including phenoxy) is 2. The van der Waals surface area contributed by atoms with Crippen molar-refractivity contribution in [1.82, 2.24) is 5.32 Å². The third-order valence-corrected chi connectivity index (χ3v) is 10.5. The Morgan fingerprint density at radius 2 is 1.00 bits per heavy atom. The molecule has 50 heavy (non-hydrogen) atoms. The zero-order valence-electron chi connectivity index (χ0n) is 32.4. The Balaban J connectivity index is 2.37. The Morgan fingerprint density at radius 3 is 1.42 bits per heavy atom. The van der Waals surface area contributed by atoms with Gasteiger partial charge in [0.25, 0.3) is 0 Å². The van der Waals surface area contributed by atoms with Crippen LogP contribution in [0.4, 0.5) is 0 Å². The van der Waals surface area contributed by atoms with Crippen molar-refractivity contribution in [2.24, 2.45) is 0 Å². The highest BCUT2D eigenvalue weighted by Crippen LogP contribution is 2.23. The molecule has 0 aromatic carbocycles. The van der Waals surface area contributed by atoms with Crippen molar-refractivity contribution >= 4 is 5.91 Å². The summed E-state index contributed by atoms with van der Waals surface area (Å²) in [6, 6.07) is -0.709. The molecule has 0 saturated carbocycles. The summed E-state index contributed by atoms with van der Waals surface area (Å²) in [5.41, 5.74) is 0. The van der Waals surface area contributed by atoms with Gasteiger partial charge in [-0.05, 0) is 12.8 Å². The van der Waals surface area contributed by atoms with Gasteiger partial charge in [0, 0.05) is 6.42 Å². The monoisotopic (exact) mass is 716 g/mol. The summed E-state index contributed by atoms with van der Waals surface area (Å²) in [6.45, 7) is 3.83. The van der Waals surface area contributed by atoms with E-state index in [1.165, 1.54) is 135 Å². The molecule has 0 aromatic heterocycles. The quantitative estimate of drug-likeness (QED) is 0.0362. The van der Waals surface area contributed by atoms with Crippen LogP contribution in [0.1, 0.15) is 200 Å². The maximum absolute atomic E-state index is 12.9. The van der Waals surface area contributed by atoms with Crippen molar-refractivity contribution in [2.75, 3.05) is 13.2 Å². The van der Waals surface area contributed by atoms with Crippen LogP contribution in [0.15, 0.2) is 0 Å². The summed E-state index contributed by atoms with van der Waals surface area (Å²) in [4.78, 5) is 12.9. The van der Waals surface area contributed by atoms with E-state index in [2.05, 4.69) is 19.2 Å². The predicted molar refractivity (Wildman–Crippen MR) is 203 cm³/mol. The van der Waals surface area contributed by atoms with Gasteiger partial charge in [-0.1, -0.05) is 181 Å². The second-order valence-corrected chi connectivity index (χ2v) is 15.1. The molecular formula is C41H81NO8. The molecule has 298 valence electrons. The molecule has 1 rings (SSSR count). The molecule has 0 aliphatic carbocycles. The minimum Gasteiger partial charge on any atom is -0.394 e. The van der Waals surface area contributed by atoms with Crippen LogP contribution >= 0.6 is 0 Å². The van der Waals surface area contributed by atoms with Crippen molar-refractivity contribution in [1.29, 1.82) is 0 Å². The van der Waals surface area contributed by atoms with Crippen LogP contribution in [0.5, 0.6) is 0 Å². The first-order valence-electron chi connectivity index (χ1n) is 21.2. The van der Waals surface area contributed by atoms with Gasteiger partial charge in [-0.25, -0.2) is 0 Å². The smallest absolute Gasteiger partial charge is 0.220 e. The number of hydrogen-bond acceptors (Lipinski definition) is 8. The molecule has 1 aliphatic heterocycles. The number of aliphatic hydroxyl groups excluding tert-OH is 5. The van der Waals surface area contributed by atoms with E-state index in [4.69, 9.17) is 9.47 Å². The van der Waals surface area contributed by atoms with Crippen LogP contribution < -0.4 is 5.32 Å². The number of carbonyl (C=O) groups excluding carboxylic acids is 1. The summed E-state index contributed by atoms with van der Waals surface area (Å²) < 4.78 is 11.2. The van der Waals surface area contributed by atoms with Gasteiger partial charge < -0.3 is 40.3 Å². The highest BCUT2D eigenvalue weighted by molar-refractivity contribution is 5.76. The van der Waals surface area contributed by atoms with Gasteiger partial charge >= 0.3 is 0 Å². The van der Waals surface area contributed by atoms with Gasteiger partial charge in [0.1, 0.15) is 24.4 Å². The molecule has 0 radical (unpaired) electrons. The van der Waals surface area contributed by atoms with Crippen molar-refractivity contribution in [3.05, 3.63) is 0 Å². The summed E-state index contributed by atoms with van der Waals surface area (Å²) in [5, 5.41) is 54.2. The van der Waals surface area contributed by atoms with Crippen LogP contribution in [0.3, 0.4) is 0 Å². The lowest BCUT2D eigenvalue weighted by Crippen LogP contribution is -2.60. The number of aliphatic hydroxyl groups is 5. The SMILES string of the molecule is CCCCCCCCCCCCCCCCC(=O)N[C@@H](CO[C@H]1O[C@@H](CO)[C@H](O)C(O)C1O)[C@H](O)CCCCCCCCCCCCCCC. The van der Waals surface area contributed by atoms with Crippen molar-refractivity contribution < 1.29 is 39.8 Å². The fourth-order valence-electron chi connectivity index (χ4n) is 6.98. The first-order valence-corrected chi connectivity index (χ1v) is 21.2. The number of unbranched alkanes of at least 4 members (excludes halogenated alkanes) is 25. The molecular weight excluding hydrogens is 634 g/mol. The molecule has 7 atom stereocenters. The average Bonchev–Trinajstić information content (AvgIpc) is 3.11. The Morgan fingerprint density at radius 1 is 0.600 bits per heavy atom. The lowest BCUT2D eigenvalue weighted by molar-refractivity contribution is -0.302. The molecule has 0 spiro atoms. The van der Waals surface area contributed by atoms with Gasteiger partial charge in [0.2, 0.25) is 5.91 Å². The van der Waals surface area contributed by atoms with Gasteiger partial charge in [0.15, 0.2) is 6.29 Å². The van der Waals surface area contributed by atoms with Crippen LogP contribution in [0.25, 0.3) is 0 Å². The van der Waals surface area contributed by atoms with E-state index in [-0.39, 0.29) is 12.5 Å². The van der Waals surface area contributed by atoms with Gasteiger partial charge in [-0.2, -0.15) is 0 Å². The fraction of sp³-hybridized carbons (Fsp3) is 0.976. The Labute approximate surface area is 306 Å². The molecule has 1 fully saturated rings. The van der Waals surface area contributed by atoms with E-state index in [0.717, 1.165) is 38.5 Å². The van der Waals surface area contributed by atoms with Crippen molar-refractivity contribution in [2.45, 2.75) is 243 Å². The fourth-order valence-corrected chi connectivity index (χ4v) is 6.98. The normalized spacial score (nSPS) is 22.1. The molecule has 9 nitrogen and oxygen atoms in total. The average molecular weight is 716 g/mol. The Kier molecular flexibility index (Phi) is 31.0. The third-order valence-electron chi connectivity index (χ3n) is 10.5. The van der Waals surface area contributed by atoms with Gasteiger partial charge in [-0.3, -0.25) is 4.79 Å². The summed E-state index contributed by atoms with van der Waals surface area (Å²) in [5.74, 6) is -0.143. The lowest BCUT2D eigenvalue weighted by atomic mass is 9.99. The topological polar surface area (TPSA) is 149 Å². The molecule has 2 unspecified atom stereocenters. The summed E-state index contributed by atoms with van der Waals surface area (Å²) >= 11 is 0. The van der Waals surface area contributed by atoms with E-state index in [1.807, 2.05) is 0 Å². The molecule has 1 aliphatic rings. The standard InChI is InChI=1S/C41H81NO8/c1-3-5-7-9-11-13-15-17-19-21-23-25-27-29-31-37(45)42-34(33-49-41-40(48)39(47)38(46)36(32-43)50-41)35(44)30-28-26-24-22-20-18-16-14-12-10-8-6-4-2/h34-36,38-41,43-44,46-48H,3-33H2,1-2H3,(H,42,45)/t34-,35+,36-,38-,39?,40?,41-/m0/s1. The predicted octanol–water partition coefficient (Wildman–Crippen LogP) is 8.00. The first-order chi connectivity index (χ1) is 24.3. The minimum atomic E-state index is -1.55. The van der Waals surface area contributed by atoms with Crippen LogP contribution in [-0.4, -0.2) is 87.5 Å². The number of nitrogens with one attached hydrogen (secondary N) is 1. The lowest BCUT2D eigenvalue weighted by Gasteiger charge is -2.40.